The number of nitrogens with one attached hydrogen (secondary N) is 1. The first-order valence-electron chi connectivity index (χ1n) is 14.2. The number of sulfonamides is 1. The molecule has 1 aliphatic rings. The molecule has 0 radical (unpaired) electrons. The average molecular weight is 631 g/mol. The van der Waals surface area contributed by atoms with E-state index >= 15 is 0 Å². The van der Waals surface area contributed by atoms with Crippen LogP contribution in [-0.2, 0) is 26.0 Å². The summed E-state index contributed by atoms with van der Waals surface area (Å²) in [6, 6.07) is 19.8. The van der Waals surface area contributed by atoms with Gasteiger partial charge in [0, 0.05) is 12.6 Å². The number of hydrogen-bond donors (Lipinski definition) is 1. The van der Waals surface area contributed by atoms with E-state index in [4.69, 9.17) is 23.2 Å². The monoisotopic (exact) mass is 629 g/mol. The Bertz CT molecular complexity index is 1480. The second-order valence-electron chi connectivity index (χ2n) is 10.8. The Morgan fingerprint density at radius 2 is 1.60 bits per heavy atom. The second kappa shape index (κ2) is 14.4. The lowest BCUT2D eigenvalue weighted by atomic mass is 9.95. The minimum absolute atomic E-state index is 0.0332. The van der Waals surface area contributed by atoms with E-state index in [9.17, 15) is 18.0 Å². The highest BCUT2D eigenvalue weighted by Gasteiger charge is 2.33. The minimum atomic E-state index is -4.18. The third-order valence-electron chi connectivity index (χ3n) is 7.68. The van der Waals surface area contributed by atoms with Gasteiger partial charge < -0.3 is 10.2 Å². The fraction of sp³-hybridized carbons (Fsp3) is 0.375. The Kier molecular flexibility index (Phi) is 10.9. The Hall–Kier alpha value is -3.07. The van der Waals surface area contributed by atoms with Gasteiger partial charge in [-0.2, -0.15) is 0 Å². The highest BCUT2D eigenvalue weighted by molar-refractivity contribution is 7.92. The molecule has 0 saturated heterocycles. The first-order valence-corrected chi connectivity index (χ1v) is 16.4. The van der Waals surface area contributed by atoms with Gasteiger partial charge in [0.15, 0.2) is 0 Å². The van der Waals surface area contributed by atoms with Crippen LogP contribution in [-0.4, -0.2) is 50.3 Å². The molecule has 224 valence electrons. The molecule has 2 amide bonds. The molecular weight excluding hydrogens is 593 g/mol. The Morgan fingerprint density at radius 1 is 0.929 bits per heavy atom. The summed E-state index contributed by atoms with van der Waals surface area (Å²) in [5.74, 6) is -0.746. The summed E-state index contributed by atoms with van der Waals surface area (Å²) >= 11 is 12.4. The van der Waals surface area contributed by atoms with E-state index in [1.165, 1.54) is 35.2 Å². The van der Waals surface area contributed by atoms with Crippen LogP contribution in [0.15, 0.2) is 77.7 Å². The van der Waals surface area contributed by atoms with Crippen LogP contribution in [0, 0.1) is 6.92 Å². The summed E-state index contributed by atoms with van der Waals surface area (Å²) < 4.78 is 28.9. The first-order chi connectivity index (χ1) is 20.1. The molecule has 4 rings (SSSR count). The van der Waals surface area contributed by atoms with Gasteiger partial charge in [-0.05, 0) is 69.0 Å². The van der Waals surface area contributed by atoms with Gasteiger partial charge in [0.25, 0.3) is 10.0 Å². The molecule has 1 saturated carbocycles. The Morgan fingerprint density at radius 3 is 2.24 bits per heavy atom. The van der Waals surface area contributed by atoms with E-state index in [-0.39, 0.29) is 39.1 Å². The van der Waals surface area contributed by atoms with Gasteiger partial charge in [0.1, 0.15) is 12.6 Å². The van der Waals surface area contributed by atoms with Gasteiger partial charge in [-0.3, -0.25) is 13.9 Å². The number of nitrogens with zero attached hydrogens (tertiary/aromatic N) is 2. The van der Waals surface area contributed by atoms with Crippen LogP contribution in [0.2, 0.25) is 10.0 Å². The normalized spacial score (nSPS) is 14.7. The molecule has 1 N–H and O–H groups in total. The zero-order valence-electron chi connectivity index (χ0n) is 23.9. The van der Waals surface area contributed by atoms with Gasteiger partial charge in [-0.15, -0.1) is 0 Å². The fourth-order valence-corrected chi connectivity index (χ4v) is 6.84. The summed E-state index contributed by atoms with van der Waals surface area (Å²) in [6.45, 7) is 3.27. The van der Waals surface area contributed by atoms with Gasteiger partial charge in [0.2, 0.25) is 11.8 Å². The van der Waals surface area contributed by atoms with Crippen LogP contribution in [0.3, 0.4) is 0 Å². The molecule has 1 fully saturated rings. The first kappa shape index (κ1) is 31.9. The predicted octanol–water partition coefficient (Wildman–Crippen LogP) is 6.41. The lowest BCUT2D eigenvalue weighted by Crippen LogP contribution is -2.53. The number of carbonyl (C=O) groups is 2. The van der Waals surface area contributed by atoms with Crippen LogP contribution < -0.4 is 9.62 Å². The lowest BCUT2D eigenvalue weighted by Gasteiger charge is -2.33. The Balaban J connectivity index is 1.65. The summed E-state index contributed by atoms with van der Waals surface area (Å²) in [5, 5.41) is 3.54. The van der Waals surface area contributed by atoms with Crippen molar-refractivity contribution in [2.45, 2.75) is 69.4 Å². The molecule has 3 aromatic carbocycles. The number of anilines is 1. The van der Waals surface area contributed by atoms with Crippen molar-refractivity contribution in [3.63, 3.8) is 0 Å². The number of benzene rings is 3. The van der Waals surface area contributed by atoms with Gasteiger partial charge in [-0.1, -0.05) is 90.5 Å². The van der Waals surface area contributed by atoms with Crippen LogP contribution >= 0.6 is 23.2 Å². The maximum atomic E-state index is 14.1. The van der Waals surface area contributed by atoms with Crippen LogP contribution in [0.1, 0.15) is 50.2 Å². The van der Waals surface area contributed by atoms with Crippen molar-refractivity contribution < 1.29 is 18.0 Å². The number of halogens is 2. The maximum absolute atomic E-state index is 14.1. The van der Waals surface area contributed by atoms with E-state index < -0.39 is 28.5 Å². The number of carbonyl (C=O) groups excluding carboxylic acids is 2. The third-order valence-corrected chi connectivity index (χ3v) is 10.2. The van der Waals surface area contributed by atoms with Gasteiger partial charge >= 0.3 is 0 Å². The number of aryl methyl sites for hydroxylation is 1. The van der Waals surface area contributed by atoms with Crippen LogP contribution in [0.25, 0.3) is 0 Å². The molecule has 0 unspecified atom stereocenters. The molecule has 10 heteroatoms. The lowest BCUT2D eigenvalue weighted by molar-refractivity contribution is -0.139. The number of hydrogen-bond acceptors (Lipinski definition) is 4. The third kappa shape index (κ3) is 8.06. The quantitative estimate of drug-likeness (QED) is 0.266. The molecule has 0 heterocycles. The van der Waals surface area contributed by atoms with Gasteiger partial charge in [-0.25, -0.2) is 8.42 Å². The van der Waals surface area contributed by atoms with Crippen LogP contribution in [0.4, 0.5) is 5.69 Å². The Labute approximate surface area is 258 Å². The molecule has 1 aliphatic carbocycles. The smallest absolute Gasteiger partial charge is 0.264 e. The SMILES string of the molecule is Cc1ccc(S(=O)(=O)N(CC(=O)N(CCc2ccccc2)[C@H](C)C(=O)NC2CCCCC2)c2ccc(Cl)c(Cl)c2)cc1. The van der Waals surface area contributed by atoms with Crippen molar-refractivity contribution in [1.82, 2.24) is 10.2 Å². The fourth-order valence-electron chi connectivity index (χ4n) is 5.15. The highest BCUT2D eigenvalue weighted by atomic mass is 35.5. The highest BCUT2D eigenvalue weighted by Crippen LogP contribution is 2.31. The maximum Gasteiger partial charge on any atom is 0.264 e. The number of rotatable bonds is 11. The second-order valence-corrected chi connectivity index (χ2v) is 13.4. The van der Waals surface area contributed by atoms with Crippen molar-refractivity contribution >= 4 is 50.7 Å². The van der Waals surface area contributed by atoms with Crippen molar-refractivity contribution in [3.05, 3.63) is 94.0 Å². The zero-order valence-corrected chi connectivity index (χ0v) is 26.3. The van der Waals surface area contributed by atoms with E-state index in [0.29, 0.717) is 6.42 Å². The van der Waals surface area contributed by atoms with E-state index in [0.717, 1.165) is 47.5 Å². The summed E-state index contributed by atoms with van der Waals surface area (Å²) in [5.41, 5.74) is 2.10. The summed E-state index contributed by atoms with van der Waals surface area (Å²) in [4.78, 5) is 28.9. The molecule has 3 aromatic rings. The standard InChI is InChI=1S/C32H37Cl2N3O4S/c1-23-13-16-28(17-14-23)42(40,41)37(27-15-18-29(33)30(34)21-27)22-31(38)36(20-19-25-9-5-3-6-10-25)24(2)32(39)35-26-11-7-4-8-12-26/h3,5-6,9-10,13-18,21,24,26H,4,7-8,11-12,19-20,22H2,1-2H3,(H,35,39)/t24-/m1/s1. The summed E-state index contributed by atoms with van der Waals surface area (Å²) in [6.07, 6.45) is 5.61. The molecule has 0 spiro atoms. The van der Waals surface area contributed by atoms with Crippen molar-refractivity contribution in [1.29, 1.82) is 0 Å². The molecule has 1 atom stereocenters. The van der Waals surface area contributed by atoms with Crippen LogP contribution in [0.5, 0.6) is 0 Å². The largest absolute Gasteiger partial charge is 0.352 e. The van der Waals surface area contributed by atoms with Gasteiger partial charge in [0.05, 0.1) is 20.6 Å². The minimum Gasteiger partial charge on any atom is -0.352 e. The zero-order chi connectivity index (χ0) is 30.3. The molecule has 42 heavy (non-hydrogen) atoms. The molecule has 0 bridgehead atoms. The molecule has 0 aromatic heterocycles. The van der Waals surface area contributed by atoms with E-state index in [2.05, 4.69) is 5.32 Å². The predicted molar refractivity (Wildman–Crippen MR) is 169 cm³/mol. The number of amides is 2. The molecule has 7 nitrogen and oxygen atoms in total. The van der Waals surface area contributed by atoms with Crippen molar-refractivity contribution in [3.8, 4) is 0 Å². The topological polar surface area (TPSA) is 86.8 Å². The average Bonchev–Trinajstić information content (AvgIpc) is 2.98. The molecular formula is C32H37Cl2N3O4S. The summed E-state index contributed by atoms with van der Waals surface area (Å²) in [7, 11) is -4.18. The van der Waals surface area contributed by atoms with E-state index in [1.54, 1.807) is 19.1 Å². The van der Waals surface area contributed by atoms with Crippen molar-refractivity contribution in [2.24, 2.45) is 0 Å². The van der Waals surface area contributed by atoms with Crippen molar-refractivity contribution in [2.75, 3.05) is 17.4 Å². The molecule has 0 aliphatic heterocycles. The van der Waals surface area contributed by atoms with E-state index in [1.807, 2.05) is 37.3 Å².